The number of rotatable bonds is 5. The van der Waals surface area contributed by atoms with Crippen molar-refractivity contribution in [2.45, 2.75) is 18.7 Å². The van der Waals surface area contributed by atoms with E-state index in [0.717, 1.165) is 0 Å². The van der Waals surface area contributed by atoms with Gasteiger partial charge in [0.05, 0.1) is 5.71 Å². The minimum Gasteiger partial charge on any atom is -0.382 e. The van der Waals surface area contributed by atoms with Crippen LogP contribution in [0.15, 0.2) is 53.7 Å². The van der Waals surface area contributed by atoms with E-state index in [1.807, 2.05) is 0 Å². The van der Waals surface area contributed by atoms with Gasteiger partial charge in [-0.25, -0.2) is 4.39 Å². The van der Waals surface area contributed by atoms with Gasteiger partial charge in [0.25, 0.3) is 11.8 Å². The van der Waals surface area contributed by atoms with Gasteiger partial charge in [-0.15, -0.1) is 0 Å². The van der Waals surface area contributed by atoms with E-state index in [1.165, 1.54) is 42.5 Å². The van der Waals surface area contributed by atoms with Crippen LogP contribution in [0.5, 0.6) is 0 Å². The lowest BCUT2D eigenvalue weighted by atomic mass is 10.0. The van der Waals surface area contributed by atoms with Gasteiger partial charge in [0.15, 0.2) is 0 Å². The summed E-state index contributed by atoms with van der Waals surface area (Å²) >= 11 is 0. The van der Waals surface area contributed by atoms with Crippen LogP contribution in [0.2, 0.25) is 0 Å². The third-order valence-electron chi connectivity index (χ3n) is 3.98. The van der Waals surface area contributed by atoms with E-state index in [4.69, 9.17) is 4.84 Å². The zero-order chi connectivity index (χ0) is 21.0. The fourth-order valence-electron chi connectivity index (χ4n) is 2.57. The van der Waals surface area contributed by atoms with Gasteiger partial charge in [-0.3, -0.25) is 9.59 Å². The largest absolute Gasteiger partial charge is 0.405 e. The molecular weight excluding hydrogens is 394 g/mol. The summed E-state index contributed by atoms with van der Waals surface area (Å²) in [4.78, 5) is 29.1. The van der Waals surface area contributed by atoms with E-state index in [-0.39, 0.29) is 12.0 Å². The van der Waals surface area contributed by atoms with Crippen LogP contribution in [0.3, 0.4) is 0 Å². The summed E-state index contributed by atoms with van der Waals surface area (Å²) in [5.41, 5.74) is 1.28. The van der Waals surface area contributed by atoms with Gasteiger partial charge in [-0.05, 0) is 36.4 Å². The van der Waals surface area contributed by atoms with Gasteiger partial charge in [-0.2, -0.15) is 13.2 Å². The Morgan fingerprint density at radius 1 is 1.14 bits per heavy atom. The quantitative estimate of drug-likeness (QED) is 0.744. The lowest BCUT2D eigenvalue weighted by Gasteiger charge is -2.11. The Bertz CT molecular complexity index is 942. The minimum atomic E-state index is -4.50. The number of halogens is 4. The number of hydrogen-bond acceptors (Lipinski definition) is 4. The van der Waals surface area contributed by atoms with Crippen LogP contribution < -0.4 is 10.6 Å². The van der Waals surface area contributed by atoms with Crippen molar-refractivity contribution in [2.75, 3.05) is 11.9 Å². The molecule has 10 heteroatoms. The molecule has 0 saturated heterocycles. The van der Waals surface area contributed by atoms with Crippen molar-refractivity contribution in [3.63, 3.8) is 0 Å². The Kier molecular flexibility index (Phi) is 5.81. The maximum absolute atomic E-state index is 13.3. The molecule has 152 valence electrons. The molecule has 2 N–H and O–H groups in total. The van der Waals surface area contributed by atoms with Gasteiger partial charge < -0.3 is 15.5 Å². The molecule has 0 radical (unpaired) electrons. The predicted molar refractivity (Wildman–Crippen MR) is 95.9 cm³/mol. The van der Waals surface area contributed by atoms with E-state index in [2.05, 4.69) is 10.5 Å². The molecule has 0 fully saturated rings. The van der Waals surface area contributed by atoms with Crippen LogP contribution in [-0.2, 0) is 9.63 Å². The highest BCUT2D eigenvalue weighted by Crippen LogP contribution is 2.19. The summed E-state index contributed by atoms with van der Waals surface area (Å²) in [6, 6.07) is 11.1. The maximum Gasteiger partial charge on any atom is 0.405 e. The Morgan fingerprint density at radius 2 is 1.86 bits per heavy atom. The van der Waals surface area contributed by atoms with Gasteiger partial charge in [-0.1, -0.05) is 17.3 Å². The van der Waals surface area contributed by atoms with Crippen molar-refractivity contribution in [1.29, 1.82) is 0 Å². The van der Waals surface area contributed by atoms with Crippen LogP contribution in [0, 0.1) is 5.82 Å². The van der Waals surface area contributed by atoms with Gasteiger partial charge in [0.1, 0.15) is 12.4 Å². The number of hydrogen-bond donors (Lipinski definition) is 2. The minimum absolute atomic E-state index is 0.0149. The van der Waals surface area contributed by atoms with Crippen LogP contribution in [0.25, 0.3) is 0 Å². The zero-order valence-electron chi connectivity index (χ0n) is 14.8. The predicted octanol–water partition coefficient (Wildman–Crippen LogP) is 3.25. The second kappa shape index (κ2) is 8.29. The summed E-state index contributed by atoms with van der Waals surface area (Å²) in [5, 5.41) is 8.13. The second-order valence-electron chi connectivity index (χ2n) is 6.21. The topological polar surface area (TPSA) is 79.8 Å². The highest BCUT2D eigenvalue weighted by atomic mass is 19.4. The highest BCUT2D eigenvalue weighted by Gasteiger charge is 2.29. The Hall–Kier alpha value is -3.43. The van der Waals surface area contributed by atoms with Crippen molar-refractivity contribution in [3.8, 4) is 0 Å². The number of benzene rings is 2. The normalized spacial score (nSPS) is 16.0. The summed E-state index contributed by atoms with van der Waals surface area (Å²) in [7, 11) is 0. The molecule has 1 aliphatic rings. The first kappa shape index (κ1) is 20.3. The molecule has 2 aromatic carbocycles. The van der Waals surface area contributed by atoms with Crippen molar-refractivity contribution in [1.82, 2.24) is 5.32 Å². The lowest BCUT2D eigenvalue weighted by molar-refractivity contribution is -0.125. The molecule has 1 heterocycles. The SMILES string of the molecule is O=C(NCC(F)(F)F)c1ccc(NC(=O)[C@@H]2CC(c3cccc(F)c3)=NO2)cc1. The molecule has 2 aromatic rings. The number of carbonyl (C=O) groups excluding carboxylic acids is 2. The first-order valence-electron chi connectivity index (χ1n) is 8.46. The fourth-order valence-corrected chi connectivity index (χ4v) is 2.57. The smallest absolute Gasteiger partial charge is 0.382 e. The molecule has 0 saturated carbocycles. The number of alkyl halides is 3. The standard InChI is InChI=1S/C19H15F4N3O3/c20-13-3-1-2-12(8-13)15-9-16(29-26-15)18(28)25-14-6-4-11(5-7-14)17(27)24-10-19(21,22)23/h1-8,16H,9-10H2,(H,24,27)(H,25,28)/t16-/m0/s1. The van der Waals surface area contributed by atoms with Crippen LogP contribution >= 0.6 is 0 Å². The summed E-state index contributed by atoms with van der Waals surface area (Å²) in [6.07, 6.45) is -5.27. The van der Waals surface area contributed by atoms with E-state index >= 15 is 0 Å². The van der Waals surface area contributed by atoms with Gasteiger partial charge in [0.2, 0.25) is 6.10 Å². The van der Waals surface area contributed by atoms with E-state index in [1.54, 1.807) is 11.4 Å². The molecule has 1 atom stereocenters. The number of nitrogens with one attached hydrogen (secondary N) is 2. The Morgan fingerprint density at radius 3 is 2.52 bits per heavy atom. The van der Waals surface area contributed by atoms with E-state index < -0.39 is 36.5 Å². The number of nitrogens with zero attached hydrogens (tertiary/aromatic N) is 1. The van der Waals surface area contributed by atoms with Crippen molar-refractivity contribution in [3.05, 3.63) is 65.5 Å². The highest BCUT2D eigenvalue weighted by molar-refractivity contribution is 6.06. The van der Waals surface area contributed by atoms with Crippen molar-refractivity contribution in [2.24, 2.45) is 5.16 Å². The molecule has 6 nitrogen and oxygen atoms in total. The zero-order valence-corrected chi connectivity index (χ0v) is 14.8. The number of amides is 2. The number of oxime groups is 1. The van der Waals surface area contributed by atoms with Crippen LogP contribution in [0.1, 0.15) is 22.3 Å². The molecule has 0 bridgehead atoms. The average Bonchev–Trinajstić information content (AvgIpc) is 3.16. The lowest BCUT2D eigenvalue weighted by Crippen LogP contribution is -2.33. The Labute approximate surface area is 162 Å². The summed E-state index contributed by atoms with van der Waals surface area (Å²) < 4.78 is 49.7. The van der Waals surface area contributed by atoms with Crippen LogP contribution in [0.4, 0.5) is 23.2 Å². The summed E-state index contributed by atoms with van der Waals surface area (Å²) in [5.74, 6) is -1.82. The molecule has 0 spiro atoms. The van der Waals surface area contributed by atoms with Crippen molar-refractivity contribution < 1.29 is 32.0 Å². The van der Waals surface area contributed by atoms with Crippen molar-refractivity contribution >= 4 is 23.2 Å². The third-order valence-corrected chi connectivity index (χ3v) is 3.98. The summed E-state index contributed by atoms with van der Waals surface area (Å²) in [6.45, 7) is -1.43. The Balaban J connectivity index is 1.54. The fraction of sp³-hybridized carbons (Fsp3) is 0.211. The van der Waals surface area contributed by atoms with E-state index in [0.29, 0.717) is 17.0 Å². The number of carbonyl (C=O) groups is 2. The molecular formula is C19H15F4N3O3. The molecule has 0 aliphatic carbocycles. The maximum atomic E-state index is 13.3. The number of anilines is 1. The van der Waals surface area contributed by atoms with E-state index in [9.17, 15) is 27.2 Å². The molecule has 3 rings (SSSR count). The second-order valence-corrected chi connectivity index (χ2v) is 6.21. The monoisotopic (exact) mass is 409 g/mol. The molecule has 0 aromatic heterocycles. The first-order chi connectivity index (χ1) is 13.7. The van der Waals surface area contributed by atoms with Crippen LogP contribution in [-0.4, -0.2) is 36.4 Å². The molecule has 1 aliphatic heterocycles. The van der Waals surface area contributed by atoms with Gasteiger partial charge >= 0.3 is 6.18 Å². The average molecular weight is 409 g/mol. The third kappa shape index (κ3) is 5.53. The molecule has 0 unspecified atom stereocenters. The molecule has 29 heavy (non-hydrogen) atoms. The van der Waals surface area contributed by atoms with Gasteiger partial charge in [0, 0.05) is 23.2 Å². The molecule has 2 amide bonds. The first-order valence-corrected chi connectivity index (χ1v) is 8.46.